The third-order valence-electron chi connectivity index (χ3n) is 1.42. The standard InChI is InChI=1S/C10H10ClN/c1-2-7-12-8-9-3-5-10(11)6-4-9/h3-6,12H,8H2,1H3. The fourth-order valence-electron chi connectivity index (χ4n) is 0.837. The summed E-state index contributed by atoms with van der Waals surface area (Å²) in [7, 11) is 0. The first-order chi connectivity index (χ1) is 5.83. The van der Waals surface area contributed by atoms with Crippen molar-refractivity contribution in [3.8, 4) is 12.0 Å². The van der Waals surface area contributed by atoms with Crippen molar-refractivity contribution in [3.05, 3.63) is 34.9 Å². The molecular weight excluding hydrogens is 170 g/mol. The molecule has 1 aromatic carbocycles. The summed E-state index contributed by atoms with van der Waals surface area (Å²) < 4.78 is 0. The predicted molar refractivity (Wildman–Crippen MR) is 51.7 cm³/mol. The monoisotopic (exact) mass is 179 g/mol. The number of halogens is 1. The van der Waals surface area contributed by atoms with Crippen LogP contribution in [0.15, 0.2) is 24.3 Å². The van der Waals surface area contributed by atoms with Crippen LogP contribution in [0.3, 0.4) is 0 Å². The van der Waals surface area contributed by atoms with Crippen LogP contribution < -0.4 is 5.32 Å². The SMILES string of the molecule is CC#CNCc1ccc(Cl)cc1. The van der Waals surface area contributed by atoms with E-state index in [0.717, 1.165) is 11.6 Å². The molecule has 1 rings (SSSR count). The van der Waals surface area contributed by atoms with Gasteiger partial charge in [0.1, 0.15) is 0 Å². The largest absolute Gasteiger partial charge is 0.341 e. The van der Waals surface area contributed by atoms with Crippen LogP contribution in [0.1, 0.15) is 12.5 Å². The van der Waals surface area contributed by atoms with Gasteiger partial charge in [0.2, 0.25) is 0 Å². The molecular formula is C10H10ClN. The molecule has 0 saturated carbocycles. The molecule has 1 aromatic rings. The average molecular weight is 180 g/mol. The highest BCUT2D eigenvalue weighted by Gasteiger charge is 1.89. The first kappa shape index (κ1) is 8.96. The quantitative estimate of drug-likeness (QED) is 0.543. The van der Waals surface area contributed by atoms with Gasteiger partial charge in [0.15, 0.2) is 0 Å². The molecule has 0 heterocycles. The fraction of sp³-hybridized carbons (Fsp3) is 0.200. The molecule has 0 spiro atoms. The third kappa shape index (κ3) is 2.86. The van der Waals surface area contributed by atoms with Crippen LogP contribution >= 0.6 is 11.6 Å². The van der Waals surface area contributed by atoms with Crippen molar-refractivity contribution in [2.24, 2.45) is 0 Å². The second kappa shape index (κ2) is 4.69. The van der Waals surface area contributed by atoms with E-state index >= 15 is 0 Å². The molecule has 12 heavy (non-hydrogen) atoms. The van der Waals surface area contributed by atoms with Crippen LogP contribution in [0.5, 0.6) is 0 Å². The summed E-state index contributed by atoms with van der Waals surface area (Å²) >= 11 is 5.72. The second-order valence-corrected chi connectivity index (χ2v) is 2.79. The molecule has 0 radical (unpaired) electrons. The molecule has 0 saturated heterocycles. The van der Waals surface area contributed by atoms with Crippen molar-refractivity contribution < 1.29 is 0 Å². The molecule has 0 fully saturated rings. The zero-order valence-electron chi connectivity index (χ0n) is 6.89. The Balaban J connectivity index is 2.51. The van der Waals surface area contributed by atoms with Crippen molar-refractivity contribution in [1.82, 2.24) is 5.32 Å². The minimum absolute atomic E-state index is 0.762. The lowest BCUT2D eigenvalue weighted by Gasteiger charge is -1.98. The molecule has 2 heteroatoms. The van der Waals surface area contributed by atoms with Crippen LogP contribution in [0.2, 0.25) is 5.02 Å². The summed E-state index contributed by atoms with van der Waals surface area (Å²) in [6.07, 6.45) is 0. The Bertz CT molecular complexity index is 292. The Morgan fingerprint density at radius 1 is 1.33 bits per heavy atom. The van der Waals surface area contributed by atoms with Gasteiger partial charge in [0.05, 0.1) is 0 Å². The lowest BCUT2D eigenvalue weighted by atomic mass is 10.2. The normalized spacial score (nSPS) is 8.50. The molecule has 0 aliphatic carbocycles. The Kier molecular flexibility index (Phi) is 3.50. The van der Waals surface area contributed by atoms with E-state index in [4.69, 9.17) is 11.6 Å². The minimum Gasteiger partial charge on any atom is -0.341 e. The van der Waals surface area contributed by atoms with E-state index in [1.165, 1.54) is 5.56 Å². The number of benzene rings is 1. The summed E-state index contributed by atoms with van der Waals surface area (Å²) in [6.45, 7) is 2.56. The fourth-order valence-corrected chi connectivity index (χ4v) is 0.963. The van der Waals surface area contributed by atoms with Crippen molar-refractivity contribution in [2.45, 2.75) is 13.5 Å². The minimum atomic E-state index is 0.762. The van der Waals surface area contributed by atoms with Gasteiger partial charge in [0.25, 0.3) is 0 Å². The predicted octanol–water partition coefficient (Wildman–Crippen LogP) is 2.41. The van der Waals surface area contributed by atoms with Gasteiger partial charge >= 0.3 is 0 Å². The van der Waals surface area contributed by atoms with E-state index in [1.807, 2.05) is 24.3 Å². The van der Waals surface area contributed by atoms with Crippen LogP contribution in [0, 0.1) is 12.0 Å². The van der Waals surface area contributed by atoms with Gasteiger partial charge < -0.3 is 5.32 Å². The second-order valence-electron chi connectivity index (χ2n) is 2.36. The lowest BCUT2D eigenvalue weighted by Crippen LogP contribution is -2.04. The average Bonchev–Trinajstić information content (AvgIpc) is 2.09. The topological polar surface area (TPSA) is 12.0 Å². The number of hydrogen-bond acceptors (Lipinski definition) is 1. The maximum absolute atomic E-state index is 5.72. The van der Waals surface area contributed by atoms with Gasteiger partial charge in [0, 0.05) is 17.6 Å². The van der Waals surface area contributed by atoms with E-state index in [0.29, 0.717) is 0 Å². The van der Waals surface area contributed by atoms with E-state index in [2.05, 4.69) is 17.3 Å². The number of rotatable bonds is 2. The van der Waals surface area contributed by atoms with Gasteiger partial charge in [-0.15, -0.1) is 0 Å². The first-order valence-corrected chi connectivity index (χ1v) is 4.10. The van der Waals surface area contributed by atoms with Gasteiger partial charge in [-0.2, -0.15) is 0 Å². The summed E-state index contributed by atoms with van der Waals surface area (Å²) in [5.74, 6) is 2.76. The van der Waals surface area contributed by atoms with Crippen molar-refractivity contribution in [3.63, 3.8) is 0 Å². The van der Waals surface area contributed by atoms with E-state index in [1.54, 1.807) is 6.92 Å². The smallest absolute Gasteiger partial charge is 0.0480 e. The Labute approximate surface area is 77.7 Å². The number of nitrogens with one attached hydrogen (secondary N) is 1. The Morgan fingerprint density at radius 3 is 2.58 bits per heavy atom. The maximum Gasteiger partial charge on any atom is 0.0480 e. The molecule has 0 aromatic heterocycles. The van der Waals surface area contributed by atoms with Crippen molar-refractivity contribution >= 4 is 11.6 Å². The molecule has 0 aliphatic heterocycles. The third-order valence-corrected chi connectivity index (χ3v) is 1.67. The molecule has 0 bridgehead atoms. The van der Waals surface area contributed by atoms with Gasteiger partial charge in [-0.05, 0) is 24.6 Å². The zero-order valence-corrected chi connectivity index (χ0v) is 7.65. The van der Waals surface area contributed by atoms with E-state index < -0.39 is 0 Å². The van der Waals surface area contributed by atoms with Gasteiger partial charge in [-0.25, -0.2) is 0 Å². The highest BCUT2D eigenvalue weighted by atomic mass is 35.5. The molecule has 0 unspecified atom stereocenters. The van der Waals surface area contributed by atoms with Crippen molar-refractivity contribution in [2.75, 3.05) is 0 Å². The van der Waals surface area contributed by atoms with E-state index in [9.17, 15) is 0 Å². The van der Waals surface area contributed by atoms with E-state index in [-0.39, 0.29) is 0 Å². The van der Waals surface area contributed by atoms with Crippen LogP contribution in [0.25, 0.3) is 0 Å². The first-order valence-electron chi connectivity index (χ1n) is 3.72. The number of hydrogen-bond donors (Lipinski definition) is 1. The van der Waals surface area contributed by atoms with Crippen LogP contribution in [0.4, 0.5) is 0 Å². The van der Waals surface area contributed by atoms with Gasteiger partial charge in [-0.1, -0.05) is 29.7 Å². The molecule has 0 atom stereocenters. The Hall–Kier alpha value is -1.13. The summed E-state index contributed by atoms with van der Waals surface area (Å²) in [5.41, 5.74) is 1.18. The molecule has 0 aliphatic rings. The summed E-state index contributed by atoms with van der Waals surface area (Å²) in [5, 5.41) is 3.73. The highest BCUT2D eigenvalue weighted by Crippen LogP contribution is 2.08. The highest BCUT2D eigenvalue weighted by molar-refractivity contribution is 6.30. The maximum atomic E-state index is 5.72. The summed E-state index contributed by atoms with van der Waals surface area (Å²) in [6, 6.07) is 10.5. The molecule has 1 nitrogen and oxygen atoms in total. The molecule has 1 N–H and O–H groups in total. The Morgan fingerprint density at radius 2 is 2.00 bits per heavy atom. The molecule has 0 amide bonds. The lowest BCUT2D eigenvalue weighted by molar-refractivity contribution is 0.899. The summed E-state index contributed by atoms with van der Waals surface area (Å²) in [4.78, 5) is 0. The van der Waals surface area contributed by atoms with Crippen LogP contribution in [-0.2, 0) is 6.54 Å². The van der Waals surface area contributed by atoms with Gasteiger partial charge in [-0.3, -0.25) is 0 Å². The van der Waals surface area contributed by atoms with Crippen molar-refractivity contribution in [1.29, 1.82) is 0 Å². The molecule has 62 valence electrons. The zero-order chi connectivity index (χ0) is 8.81. The van der Waals surface area contributed by atoms with Crippen LogP contribution in [-0.4, -0.2) is 0 Å².